The number of carbonyl (C=O) groups is 4. The Morgan fingerprint density at radius 2 is 2.04 bits per heavy atom. The molecule has 1 saturated heterocycles. The van der Waals surface area contributed by atoms with Crippen LogP contribution < -0.4 is 10.6 Å². The van der Waals surface area contributed by atoms with Gasteiger partial charge in [-0.2, -0.15) is 0 Å². The van der Waals surface area contributed by atoms with Gasteiger partial charge in [0.1, 0.15) is 17.9 Å². The minimum atomic E-state index is -0.971. The summed E-state index contributed by atoms with van der Waals surface area (Å²) < 4.78 is 18.3. The Hall–Kier alpha value is -2.97. The molecule has 1 aliphatic carbocycles. The molecule has 0 aromatic heterocycles. The van der Waals surface area contributed by atoms with E-state index in [1.54, 1.807) is 25.1 Å². The van der Waals surface area contributed by atoms with Gasteiger partial charge in [-0.05, 0) is 43.7 Å². The number of carbonyl (C=O) groups excluding carboxylic acids is 4. The van der Waals surface area contributed by atoms with Crippen LogP contribution >= 0.6 is 0 Å². The summed E-state index contributed by atoms with van der Waals surface area (Å²) in [5, 5.41) is 5.15. The maximum absolute atomic E-state index is 13.5. The zero-order chi connectivity index (χ0) is 20.3. The number of ether oxygens (including phenoxy) is 1. The summed E-state index contributed by atoms with van der Waals surface area (Å²) in [6.07, 6.45) is 2.01. The molecule has 9 heteroatoms. The third-order valence-corrected chi connectivity index (χ3v) is 5.02. The molecule has 2 fully saturated rings. The summed E-state index contributed by atoms with van der Waals surface area (Å²) >= 11 is 0. The highest BCUT2D eigenvalue weighted by Crippen LogP contribution is 2.42. The number of urea groups is 1. The number of rotatable bonds is 8. The Labute approximate surface area is 161 Å². The third-order valence-electron chi connectivity index (χ3n) is 5.02. The van der Waals surface area contributed by atoms with Crippen molar-refractivity contribution < 1.29 is 28.3 Å². The number of esters is 1. The molecule has 0 radical (unpaired) electrons. The minimum absolute atomic E-state index is 0.0881. The van der Waals surface area contributed by atoms with Crippen molar-refractivity contribution in [2.75, 3.05) is 19.7 Å². The van der Waals surface area contributed by atoms with Gasteiger partial charge in [-0.3, -0.25) is 19.3 Å². The average molecular weight is 391 g/mol. The predicted molar refractivity (Wildman–Crippen MR) is 95.4 cm³/mol. The van der Waals surface area contributed by atoms with Gasteiger partial charge in [0.05, 0.1) is 0 Å². The first-order valence-electron chi connectivity index (χ1n) is 9.11. The minimum Gasteiger partial charge on any atom is -0.454 e. The largest absolute Gasteiger partial charge is 0.454 e. The van der Waals surface area contributed by atoms with E-state index in [1.165, 1.54) is 6.07 Å². The molecule has 0 unspecified atom stereocenters. The SMILES string of the molecule is C[C@]1(C2CC2)NC(=O)N(CC(=O)OCC(=O)NCCc2ccccc2F)C1=O. The highest BCUT2D eigenvalue weighted by Gasteiger charge is 2.56. The molecular formula is C19H22FN3O5. The zero-order valence-corrected chi connectivity index (χ0v) is 15.5. The third kappa shape index (κ3) is 4.29. The van der Waals surface area contributed by atoms with Gasteiger partial charge in [0.2, 0.25) is 0 Å². The van der Waals surface area contributed by atoms with E-state index in [4.69, 9.17) is 4.74 Å². The fraction of sp³-hybridized carbons (Fsp3) is 0.474. The average Bonchev–Trinajstić information content (AvgIpc) is 3.48. The van der Waals surface area contributed by atoms with Gasteiger partial charge in [-0.25, -0.2) is 9.18 Å². The van der Waals surface area contributed by atoms with Gasteiger partial charge in [-0.15, -0.1) is 0 Å². The molecule has 150 valence electrons. The van der Waals surface area contributed by atoms with Crippen molar-refractivity contribution in [3.63, 3.8) is 0 Å². The van der Waals surface area contributed by atoms with Crippen LogP contribution in [0.15, 0.2) is 24.3 Å². The van der Waals surface area contributed by atoms with Crippen LogP contribution in [-0.4, -0.2) is 54.0 Å². The van der Waals surface area contributed by atoms with Crippen LogP contribution in [0.3, 0.4) is 0 Å². The highest BCUT2D eigenvalue weighted by molar-refractivity contribution is 6.08. The second kappa shape index (κ2) is 7.95. The number of hydrogen-bond donors (Lipinski definition) is 2. The molecule has 1 aromatic carbocycles. The second-order valence-corrected chi connectivity index (χ2v) is 7.15. The first-order chi connectivity index (χ1) is 13.3. The lowest BCUT2D eigenvalue weighted by Gasteiger charge is -2.20. The molecule has 1 heterocycles. The lowest BCUT2D eigenvalue weighted by molar-refractivity contribution is -0.151. The van der Waals surface area contributed by atoms with Crippen LogP contribution in [0.5, 0.6) is 0 Å². The van der Waals surface area contributed by atoms with Gasteiger partial charge >= 0.3 is 12.0 Å². The Bertz CT molecular complexity index is 811. The monoisotopic (exact) mass is 391 g/mol. The molecular weight excluding hydrogens is 369 g/mol. The highest BCUT2D eigenvalue weighted by atomic mass is 19.1. The number of benzene rings is 1. The predicted octanol–water partition coefficient (Wildman–Crippen LogP) is 0.748. The smallest absolute Gasteiger partial charge is 0.326 e. The van der Waals surface area contributed by atoms with E-state index in [0.717, 1.165) is 17.7 Å². The van der Waals surface area contributed by atoms with Crippen molar-refractivity contribution >= 4 is 23.8 Å². The number of hydrogen-bond acceptors (Lipinski definition) is 5. The van der Waals surface area contributed by atoms with Crippen molar-refractivity contribution in [1.82, 2.24) is 15.5 Å². The van der Waals surface area contributed by atoms with E-state index in [1.807, 2.05) is 0 Å². The van der Waals surface area contributed by atoms with Crippen molar-refractivity contribution in [2.24, 2.45) is 5.92 Å². The van der Waals surface area contributed by atoms with Crippen molar-refractivity contribution in [3.05, 3.63) is 35.6 Å². The number of imide groups is 1. The van der Waals surface area contributed by atoms with Gasteiger partial charge < -0.3 is 15.4 Å². The second-order valence-electron chi connectivity index (χ2n) is 7.15. The summed E-state index contributed by atoms with van der Waals surface area (Å²) in [5.74, 6) is -2.12. The fourth-order valence-corrected chi connectivity index (χ4v) is 3.21. The molecule has 1 aliphatic heterocycles. The lowest BCUT2D eigenvalue weighted by atomic mass is 9.96. The van der Waals surface area contributed by atoms with Crippen molar-refractivity contribution in [3.8, 4) is 0 Å². The van der Waals surface area contributed by atoms with Gasteiger partial charge in [-0.1, -0.05) is 18.2 Å². The number of amides is 4. The molecule has 1 aromatic rings. The topological polar surface area (TPSA) is 105 Å². The summed E-state index contributed by atoms with van der Waals surface area (Å²) in [7, 11) is 0. The maximum atomic E-state index is 13.5. The van der Waals surface area contributed by atoms with E-state index >= 15 is 0 Å². The fourth-order valence-electron chi connectivity index (χ4n) is 3.21. The zero-order valence-electron chi connectivity index (χ0n) is 15.5. The molecule has 0 bridgehead atoms. The molecule has 4 amide bonds. The number of nitrogens with zero attached hydrogens (tertiary/aromatic N) is 1. The molecule has 1 atom stereocenters. The maximum Gasteiger partial charge on any atom is 0.326 e. The van der Waals surface area contributed by atoms with E-state index in [0.29, 0.717) is 12.0 Å². The van der Waals surface area contributed by atoms with Crippen LogP contribution in [0.2, 0.25) is 0 Å². The van der Waals surface area contributed by atoms with Crippen molar-refractivity contribution in [2.45, 2.75) is 31.7 Å². The standard InChI is InChI=1S/C19H22FN3O5/c1-19(13-6-7-13)17(26)23(18(27)22-19)10-16(25)28-11-15(24)21-9-8-12-4-2-3-5-14(12)20/h2-5,13H,6-11H2,1H3,(H,21,24)(H,22,27)/t19-/m1/s1. The number of halogens is 1. The Kier molecular flexibility index (Phi) is 5.62. The van der Waals surface area contributed by atoms with E-state index < -0.39 is 42.5 Å². The molecule has 28 heavy (non-hydrogen) atoms. The molecule has 0 spiro atoms. The summed E-state index contributed by atoms with van der Waals surface area (Å²) in [4.78, 5) is 48.9. The molecule has 3 rings (SSSR count). The van der Waals surface area contributed by atoms with Crippen LogP contribution in [0.25, 0.3) is 0 Å². The lowest BCUT2D eigenvalue weighted by Crippen LogP contribution is -2.46. The summed E-state index contributed by atoms with van der Waals surface area (Å²) in [6, 6.07) is 5.60. The normalized spacial score (nSPS) is 21.4. The van der Waals surface area contributed by atoms with Crippen LogP contribution in [-0.2, 0) is 25.5 Å². The molecule has 2 N–H and O–H groups in total. The Morgan fingerprint density at radius 1 is 1.32 bits per heavy atom. The van der Waals surface area contributed by atoms with Gasteiger partial charge in [0, 0.05) is 6.54 Å². The molecule has 8 nitrogen and oxygen atoms in total. The Balaban J connectivity index is 1.39. The molecule has 1 saturated carbocycles. The first-order valence-corrected chi connectivity index (χ1v) is 9.11. The Morgan fingerprint density at radius 3 is 2.71 bits per heavy atom. The van der Waals surface area contributed by atoms with Gasteiger partial charge in [0.25, 0.3) is 11.8 Å². The first kappa shape index (κ1) is 19.8. The van der Waals surface area contributed by atoms with E-state index in [-0.39, 0.29) is 18.3 Å². The molecule has 2 aliphatic rings. The van der Waals surface area contributed by atoms with E-state index in [2.05, 4.69) is 10.6 Å². The van der Waals surface area contributed by atoms with Crippen LogP contribution in [0.1, 0.15) is 25.3 Å². The summed E-state index contributed by atoms with van der Waals surface area (Å²) in [5.41, 5.74) is -0.501. The number of nitrogens with one attached hydrogen (secondary N) is 2. The van der Waals surface area contributed by atoms with E-state index in [9.17, 15) is 23.6 Å². The van der Waals surface area contributed by atoms with Gasteiger partial charge in [0.15, 0.2) is 6.61 Å². The van der Waals surface area contributed by atoms with Crippen LogP contribution in [0, 0.1) is 11.7 Å². The van der Waals surface area contributed by atoms with Crippen molar-refractivity contribution in [1.29, 1.82) is 0 Å². The quantitative estimate of drug-likeness (QED) is 0.503. The van der Waals surface area contributed by atoms with Crippen LogP contribution in [0.4, 0.5) is 9.18 Å². The summed E-state index contributed by atoms with van der Waals surface area (Å²) in [6.45, 7) is 0.748.